The fourth-order valence-corrected chi connectivity index (χ4v) is 2.82. The fraction of sp³-hybridized carbons (Fsp3) is 0.400. The number of thioether (sulfide) groups is 1. The Morgan fingerprint density at radius 2 is 2.14 bits per heavy atom. The number of primary amides is 1. The van der Waals surface area contributed by atoms with Gasteiger partial charge in [0.25, 0.3) is 0 Å². The third-order valence-electron chi connectivity index (χ3n) is 3.17. The van der Waals surface area contributed by atoms with Crippen molar-refractivity contribution in [3.05, 3.63) is 35.7 Å². The average Bonchev–Trinajstić information content (AvgIpc) is 2.90. The molecule has 0 aliphatic rings. The van der Waals surface area contributed by atoms with Crippen molar-refractivity contribution in [3.63, 3.8) is 0 Å². The second kappa shape index (κ2) is 7.31. The smallest absolute Gasteiger partial charge is 0.227 e. The van der Waals surface area contributed by atoms with E-state index in [1.54, 1.807) is 0 Å². The van der Waals surface area contributed by atoms with Crippen LogP contribution in [0.2, 0.25) is 0 Å². The van der Waals surface area contributed by atoms with Crippen LogP contribution in [-0.2, 0) is 11.3 Å². The Morgan fingerprint density at radius 1 is 1.41 bits per heavy atom. The summed E-state index contributed by atoms with van der Waals surface area (Å²) in [6.45, 7) is 6.64. The fourth-order valence-electron chi connectivity index (χ4n) is 2.07. The van der Waals surface area contributed by atoms with E-state index >= 15 is 0 Å². The summed E-state index contributed by atoms with van der Waals surface area (Å²) in [7, 11) is 0. The van der Waals surface area contributed by atoms with Crippen molar-refractivity contribution in [2.24, 2.45) is 5.73 Å². The number of benzene rings is 1. The molecule has 0 aliphatic heterocycles. The minimum Gasteiger partial charge on any atom is -0.482 e. The minimum absolute atomic E-state index is 0.186. The summed E-state index contributed by atoms with van der Waals surface area (Å²) in [4.78, 5) is 10.9. The van der Waals surface area contributed by atoms with Gasteiger partial charge < -0.3 is 15.0 Å². The van der Waals surface area contributed by atoms with Crippen molar-refractivity contribution in [2.45, 2.75) is 38.6 Å². The molecule has 0 bridgehead atoms. The molecule has 6 nitrogen and oxygen atoms in total. The topological polar surface area (TPSA) is 83.0 Å². The number of hydrogen-bond donors (Lipinski definition) is 1. The molecule has 2 rings (SSSR count). The van der Waals surface area contributed by atoms with E-state index in [0.717, 1.165) is 17.1 Å². The van der Waals surface area contributed by atoms with Crippen LogP contribution in [0.3, 0.4) is 0 Å². The van der Waals surface area contributed by atoms with Crippen LogP contribution in [0, 0.1) is 6.92 Å². The van der Waals surface area contributed by atoms with Gasteiger partial charge in [-0.1, -0.05) is 30.0 Å². The Labute approximate surface area is 134 Å². The van der Waals surface area contributed by atoms with Crippen LogP contribution >= 0.6 is 11.8 Å². The molecule has 1 heterocycles. The Hall–Kier alpha value is -2.02. The Bertz CT molecular complexity index is 657. The summed E-state index contributed by atoms with van der Waals surface area (Å²) in [5, 5.41) is 9.02. The lowest BCUT2D eigenvalue weighted by molar-refractivity contribution is -0.115. The lowest BCUT2D eigenvalue weighted by atomic mass is 10.2. The maximum Gasteiger partial charge on any atom is 0.227 e. The molecule has 7 heteroatoms. The number of rotatable bonds is 7. The molecule has 1 amide bonds. The van der Waals surface area contributed by atoms with Crippen LogP contribution in [0.1, 0.15) is 31.3 Å². The van der Waals surface area contributed by atoms with E-state index in [1.165, 1.54) is 11.8 Å². The first kappa shape index (κ1) is 16.4. The van der Waals surface area contributed by atoms with Gasteiger partial charge in [-0.25, -0.2) is 0 Å². The van der Waals surface area contributed by atoms with Gasteiger partial charge in [-0.05, 0) is 32.4 Å². The maximum atomic E-state index is 10.9. The Balaban J connectivity index is 2.17. The number of carbonyl (C=O) groups is 1. The molecule has 1 unspecified atom stereocenters. The van der Waals surface area contributed by atoms with Gasteiger partial charge in [-0.2, -0.15) is 0 Å². The molecule has 0 saturated heterocycles. The predicted molar refractivity (Wildman–Crippen MR) is 85.8 cm³/mol. The number of hydrogen-bond acceptors (Lipinski definition) is 5. The van der Waals surface area contributed by atoms with E-state index in [-0.39, 0.29) is 17.8 Å². The molecule has 1 aromatic carbocycles. The highest BCUT2D eigenvalue weighted by Gasteiger charge is 2.19. The van der Waals surface area contributed by atoms with Gasteiger partial charge in [-0.15, -0.1) is 10.2 Å². The first-order valence-corrected chi connectivity index (χ1v) is 8.08. The highest BCUT2D eigenvalue weighted by atomic mass is 32.2. The number of carbonyl (C=O) groups excluding carboxylic acids is 1. The number of nitrogens with two attached hydrogens (primary N) is 1. The first-order chi connectivity index (χ1) is 10.5. The van der Waals surface area contributed by atoms with E-state index in [9.17, 15) is 4.79 Å². The number of nitrogens with zero attached hydrogens (tertiary/aromatic N) is 3. The van der Waals surface area contributed by atoms with E-state index in [4.69, 9.17) is 10.5 Å². The molecule has 0 saturated carbocycles. The zero-order chi connectivity index (χ0) is 16.1. The largest absolute Gasteiger partial charge is 0.482 e. The van der Waals surface area contributed by atoms with E-state index < -0.39 is 0 Å². The molecule has 0 spiro atoms. The third-order valence-corrected chi connectivity index (χ3v) is 4.16. The van der Waals surface area contributed by atoms with Crippen molar-refractivity contribution in [1.29, 1.82) is 0 Å². The molecular formula is C15H20N4O2S. The van der Waals surface area contributed by atoms with Gasteiger partial charge in [0, 0.05) is 6.54 Å². The lowest BCUT2D eigenvalue weighted by Gasteiger charge is -2.16. The average molecular weight is 320 g/mol. The predicted octanol–water partition coefficient (Wildman–Crippen LogP) is 2.32. The van der Waals surface area contributed by atoms with E-state index in [1.807, 2.05) is 49.6 Å². The highest BCUT2D eigenvalue weighted by molar-refractivity contribution is 7.99. The van der Waals surface area contributed by atoms with E-state index in [2.05, 4.69) is 10.2 Å². The zero-order valence-electron chi connectivity index (χ0n) is 12.9. The highest BCUT2D eigenvalue weighted by Crippen LogP contribution is 2.26. The van der Waals surface area contributed by atoms with E-state index in [0.29, 0.717) is 11.7 Å². The van der Waals surface area contributed by atoms with Crippen molar-refractivity contribution < 1.29 is 9.53 Å². The summed E-state index contributed by atoms with van der Waals surface area (Å²) in [6, 6.07) is 7.84. The molecule has 2 aromatic rings. The Morgan fingerprint density at radius 3 is 2.77 bits per heavy atom. The number of aromatic nitrogens is 3. The second-order valence-corrected chi connectivity index (χ2v) is 5.81. The summed E-state index contributed by atoms with van der Waals surface area (Å²) < 4.78 is 7.93. The molecule has 0 radical (unpaired) electrons. The van der Waals surface area contributed by atoms with Gasteiger partial charge in [-0.3, -0.25) is 4.79 Å². The number of aryl methyl sites for hydroxylation is 1. The van der Waals surface area contributed by atoms with Crippen LogP contribution in [0.5, 0.6) is 5.75 Å². The lowest BCUT2D eigenvalue weighted by Crippen LogP contribution is -2.15. The SMILES string of the molecule is CCn1c(SCC(N)=O)nnc1C(C)Oc1ccccc1C. The molecule has 0 fully saturated rings. The monoisotopic (exact) mass is 320 g/mol. The number of ether oxygens (including phenoxy) is 1. The summed E-state index contributed by atoms with van der Waals surface area (Å²) in [5.74, 6) is 1.37. The van der Waals surface area contributed by atoms with Gasteiger partial charge in [0.2, 0.25) is 5.91 Å². The van der Waals surface area contributed by atoms with Crippen molar-refractivity contribution in [2.75, 3.05) is 5.75 Å². The summed E-state index contributed by atoms with van der Waals surface area (Å²) >= 11 is 1.29. The minimum atomic E-state index is -0.374. The molecule has 22 heavy (non-hydrogen) atoms. The Kier molecular flexibility index (Phi) is 5.43. The quantitative estimate of drug-likeness (QED) is 0.792. The first-order valence-electron chi connectivity index (χ1n) is 7.09. The number of para-hydroxylation sites is 1. The zero-order valence-corrected chi connectivity index (χ0v) is 13.8. The van der Waals surface area contributed by atoms with Crippen LogP contribution in [0.4, 0.5) is 0 Å². The van der Waals surface area contributed by atoms with Crippen molar-refractivity contribution >= 4 is 17.7 Å². The van der Waals surface area contributed by atoms with Crippen molar-refractivity contribution in [3.8, 4) is 5.75 Å². The van der Waals surface area contributed by atoms with Gasteiger partial charge in [0.15, 0.2) is 17.1 Å². The summed E-state index contributed by atoms with van der Waals surface area (Å²) in [5.41, 5.74) is 6.25. The number of amides is 1. The molecule has 0 aliphatic carbocycles. The van der Waals surface area contributed by atoms with Crippen LogP contribution in [0.15, 0.2) is 29.4 Å². The molecular weight excluding hydrogens is 300 g/mol. The molecule has 1 atom stereocenters. The summed E-state index contributed by atoms with van der Waals surface area (Å²) in [6.07, 6.45) is -0.239. The molecule has 2 N–H and O–H groups in total. The van der Waals surface area contributed by atoms with Crippen molar-refractivity contribution in [1.82, 2.24) is 14.8 Å². The molecule has 118 valence electrons. The van der Waals surface area contributed by atoms with Crippen LogP contribution in [0.25, 0.3) is 0 Å². The maximum absolute atomic E-state index is 10.9. The normalized spacial score (nSPS) is 12.1. The van der Waals surface area contributed by atoms with Crippen LogP contribution in [-0.4, -0.2) is 26.4 Å². The standard InChI is InChI=1S/C15H20N4O2S/c1-4-19-14(17-18-15(19)22-9-13(16)20)11(3)21-12-8-6-5-7-10(12)2/h5-8,11H,4,9H2,1-3H3,(H2,16,20). The second-order valence-electron chi connectivity index (χ2n) is 4.87. The van der Waals surface area contributed by atoms with Gasteiger partial charge in [0.1, 0.15) is 5.75 Å². The van der Waals surface area contributed by atoms with Crippen LogP contribution < -0.4 is 10.5 Å². The van der Waals surface area contributed by atoms with Gasteiger partial charge in [0.05, 0.1) is 5.75 Å². The molecule has 1 aromatic heterocycles. The third kappa shape index (κ3) is 3.79. The van der Waals surface area contributed by atoms with Gasteiger partial charge >= 0.3 is 0 Å².